The van der Waals surface area contributed by atoms with E-state index in [1.807, 2.05) is 20.8 Å². The first kappa shape index (κ1) is 14.5. The first-order valence-corrected chi connectivity index (χ1v) is 5.76. The van der Waals surface area contributed by atoms with Crippen molar-refractivity contribution in [3.8, 4) is 0 Å². The molecule has 0 radical (unpaired) electrons. The highest BCUT2D eigenvalue weighted by Crippen LogP contribution is 2.19. The van der Waals surface area contributed by atoms with E-state index in [-0.39, 0.29) is 16.8 Å². The average Bonchev–Trinajstić information content (AvgIpc) is 2.25. The van der Waals surface area contributed by atoms with Crippen LogP contribution in [0.25, 0.3) is 0 Å². The van der Waals surface area contributed by atoms with Gasteiger partial charge in [0.25, 0.3) is 0 Å². The Labute approximate surface area is 107 Å². The molecule has 0 fully saturated rings. The SMILES string of the molecule is CC(C)(C)NCC(O)c1ccc(N)c(C(=O)O)c1. The fourth-order valence-electron chi connectivity index (χ4n) is 1.49. The van der Waals surface area contributed by atoms with Crippen molar-refractivity contribution >= 4 is 11.7 Å². The number of carboxylic acids is 1. The molecule has 0 aromatic heterocycles. The Morgan fingerprint density at radius 2 is 2.06 bits per heavy atom. The second kappa shape index (κ2) is 5.37. The third kappa shape index (κ3) is 4.01. The molecule has 5 N–H and O–H groups in total. The zero-order valence-electron chi connectivity index (χ0n) is 10.9. The summed E-state index contributed by atoms with van der Waals surface area (Å²) in [4.78, 5) is 10.9. The number of benzene rings is 1. The smallest absolute Gasteiger partial charge is 0.337 e. The lowest BCUT2D eigenvalue weighted by Crippen LogP contribution is -2.38. The molecule has 0 saturated heterocycles. The first-order chi connectivity index (χ1) is 8.20. The molecule has 1 rings (SSSR count). The average molecular weight is 252 g/mol. The lowest BCUT2D eigenvalue weighted by Gasteiger charge is -2.23. The maximum Gasteiger partial charge on any atom is 0.337 e. The number of nitrogens with one attached hydrogen (secondary N) is 1. The van der Waals surface area contributed by atoms with Crippen molar-refractivity contribution in [3.05, 3.63) is 29.3 Å². The van der Waals surface area contributed by atoms with Crippen molar-refractivity contribution in [1.29, 1.82) is 0 Å². The van der Waals surface area contributed by atoms with Gasteiger partial charge in [0.15, 0.2) is 0 Å². The van der Waals surface area contributed by atoms with Crippen LogP contribution in [0.2, 0.25) is 0 Å². The summed E-state index contributed by atoms with van der Waals surface area (Å²) in [5, 5.41) is 22.1. The van der Waals surface area contributed by atoms with Crippen LogP contribution >= 0.6 is 0 Å². The summed E-state index contributed by atoms with van der Waals surface area (Å²) in [5.41, 5.74) is 6.20. The number of nitrogens with two attached hydrogens (primary N) is 1. The van der Waals surface area contributed by atoms with Gasteiger partial charge in [-0.15, -0.1) is 0 Å². The van der Waals surface area contributed by atoms with Gasteiger partial charge in [-0.1, -0.05) is 6.07 Å². The van der Waals surface area contributed by atoms with Crippen molar-refractivity contribution in [2.24, 2.45) is 0 Å². The van der Waals surface area contributed by atoms with Crippen molar-refractivity contribution in [2.45, 2.75) is 32.4 Å². The van der Waals surface area contributed by atoms with E-state index in [0.717, 1.165) is 0 Å². The summed E-state index contributed by atoms with van der Waals surface area (Å²) in [6.45, 7) is 6.33. The van der Waals surface area contributed by atoms with Crippen molar-refractivity contribution in [2.75, 3.05) is 12.3 Å². The van der Waals surface area contributed by atoms with Gasteiger partial charge in [-0.2, -0.15) is 0 Å². The van der Waals surface area contributed by atoms with Crippen LogP contribution in [0.5, 0.6) is 0 Å². The number of aliphatic hydroxyl groups is 1. The van der Waals surface area contributed by atoms with E-state index in [4.69, 9.17) is 10.8 Å². The number of carbonyl (C=O) groups is 1. The van der Waals surface area contributed by atoms with Gasteiger partial charge < -0.3 is 21.3 Å². The molecular formula is C13H20N2O3. The van der Waals surface area contributed by atoms with Crippen molar-refractivity contribution in [3.63, 3.8) is 0 Å². The first-order valence-electron chi connectivity index (χ1n) is 5.76. The molecule has 1 aromatic carbocycles. The zero-order chi connectivity index (χ0) is 13.9. The van der Waals surface area contributed by atoms with E-state index in [9.17, 15) is 9.90 Å². The highest BCUT2D eigenvalue weighted by Gasteiger charge is 2.16. The summed E-state index contributed by atoms with van der Waals surface area (Å²) in [6.07, 6.45) is -0.761. The van der Waals surface area contributed by atoms with E-state index in [1.54, 1.807) is 6.07 Å². The number of anilines is 1. The van der Waals surface area contributed by atoms with E-state index in [2.05, 4.69) is 5.32 Å². The van der Waals surface area contributed by atoms with Gasteiger partial charge in [-0.25, -0.2) is 4.79 Å². The van der Waals surface area contributed by atoms with E-state index in [1.165, 1.54) is 12.1 Å². The second-order valence-electron chi connectivity index (χ2n) is 5.30. The summed E-state index contributed by atoms with van der Waals surface area (Å²) in [7, 11) is 0. The molecule has 100 valence electrons. The minimum Gasteiger partial charge on any atom is -0.478 e. The zero-order valence-corrected chi connectivity index (χ0v) is 10.9. The highest BCUT2D eigenvalue weighted by molar-refractivity contribution is 5.93. The minimum atomic E-state index is -1.09. The number of β-amino-alcohol motifs (C(OH)–C–C–N with tert-alkyl or cyclic N) is 1. The fraction of sp³-hybridized carbons (Fsp3) is 0.462. The van der Waals surface area contributed by atoms with Crippen LogP contribution < -0.4 is 11.1 Å². The topological polar surface area (TPSA) is 95.6 Å². The normalized spacial score (nSPS) is 13.3. The summed E-state index contributed by atoms with van der Waals surface area (Å²) in [6, 6.07) is 4.54. The van der Waals surface area contributed by atoms with Crippen molar-refractivity contribution < 1.29 is 15.0 Å². The second-order valence-corrected chi connectivity index (χ2v) is 5.30. The monoisotopic (exact) mass is 252 g/mol. The molecule has 1 aromatic rings. The summed E-state index contributed by atoms with van der Waals surface area (Å²) >= 11 is 0. The number of hydrogen-bond donors (Lipinski definition) is 4. The molecule has 0 amide bonds. The van der Waals surface area contributed by atoms with Crippen LogP contribution in [0.1, 0.15) is 42.8 Å². The highest BCUT2D eigenvalue weighted by atomic mass is 16.4. The molecule has 0 aliphatic carbocycles. The van der Waals surface area contributed by atoms with Gasteiger partial charge >= 0.3 is 5.97 Å². The quantitative estimate of drug-likeness (QED) is 0.607. The van der Waals surface area contributed by atoms with E-state index >= 15 is 0 Å². The standard InChI is InChI=1S/C13H20N2O3/c1-13(2,3)15-7-11(16)8-4-5-10(14)9(6-8)12(17)18/h4-6,11,15-16H,7,14H2,1-3H3,(H,17,18). The number of aliphatic hydroxyl groups excluding tert-OH is 1. The lowest BCUT2D eigenvalue weighted by molar-refractivity contribution is 0.0697. The van der Waals surface area contributed by atoms with Gasteiger partial charge in [0.1, 0.15) is 0 Å². The Morgan fingerprint density at radius 3 is 2.56 bits per heavy atom. The van der Waals surface area contributed by atoms with Gasteiger partial charge in [0.2, 0.25) is 0 Å². The molecular weight excluding hydrogens is 232 g/mol. The number of carboxylic acid groups (broad SMARTS) is 1. The van der Waals surface area contributed by atoms with Crippen LogP contribution in [0.15, 0.2) is 18.2 Å². The molecule has 5 nitrogen and oxygen atoms in total. The molecule has 0 heterocycles. The molecule has 0 bridgehead atoms. The molecule has 0 aliphatic rings. The summed E-state index contributed by atoms with van der Waals surface area (Å²) < 4.78 is 0. The summed E-state index contributed by atoms with van der Waals surface area (Å²) in [5.74, 6) is -1.09. The minimum absolute atomic E-state index is 0.0160. The van der Waals surface area contributed by atoms with Crippen LogP contribution in [0.3, 0.4) is 0 Å². The Morgan fingerprint density at radius 1 is 1.44 bits per heavy atom. The predicted molar refractivity (Wildman–Crippen MR) is 70.5 cm³/mol. The Bertz CT molecular complexity index is 438. The largest absolute Gasteiger partial charge is 0.478 e. The van der Waals surface area contributed by atoms with Gasteiger partial charge in [0, 0.05) is 17.8 Å². The number of rotatable bonds is 4. The molecule has 0 spiro atoms. The van der Waals surface area contributed by atoms with Gasteiger partial charge in [0.05, 0.1) is 11.7 Å². The number of nitrogen functional groups attached to an aromatic ring is 1. The molecule has 1 atom stereocenters. The predicted octanol–water partition coefficient (Wildman–Crippen LogP) is 1.39. The van der Waals surface area contributed by atoms with E-state index in [0.29, 0.717) is 12.1 Å². The maximum absolute atomic E-state index is 10.9. The molecule has 18 heavy (non-hydrogen) atoms. The molecule has 0 aliphatic heterocycles. The molecule has 1 unspecified atom stereocenters. The fourth-order valence-corrected chi connectivity index (χ4v) is 1.49. The molecule has 5 heteroatoms. The van der Waals surface area contributed by atoms with Crippen LogP contribution in [-0.2, 0) is 0 Å². The maximum atomic E-state index is 10.9. The Hall–Kier alpha value is -1.59. The lowest BCUT2D eigenvalue weighted by atomic mass is 10.0. The van der Waals surface area contributed by atoms with Crippen LogP contribution in [-0.4, -0.2) is 28.3 Å². The Balaban J connectivity index is 2.83. The third-order valence-electron chi connectivity index (χ3n) is 2.52. The van der Waals surface area contributed by atoms with Gasteiger partial charge in [-0.3, -0.25) is 0 Å². The van der Waals surface area contributed by atoms with Gasteiger partial charge in [-0.05, 0) is 38.5 Å². The number of hydrogen-bond acceptors (Lipinski definition) is 4. The van der Waals surface area contributed by atoms with Crippen LogP contribution in [0.4, 0.5) is 5.69 Å². The Kier molecular flexibility index (Phi) is 4.32. The van der Waals surface area contributed by atoms with E-state index < -0.39 is 12.1 Å². The number of aromatic carboxylic acids is 1. The molecule has 0 saturated carbocycles. The van der Waals surface area contributed by atoms with Crippen molar-refractivity contribution in [1.82, 2.24) is 5.32 Å². The van der Waals surface area contributed by atoms with Crippen LogP contribution in [0, 0.1) is 0 Å². The third-order valence-corrected chi connectivity index (χ3v) is 2.52.